The van der Waals surface area contributed by atoms with Crippen LogP contribution in [0.25, 0.3) is 0 Å². The third kappa shape index (κ3) is 31.1. The molecular formula is C34H65O10P. The van der Waals surface area contributed by atoms with Crippen LogP contribution in [0.1, 0.15) is 155 Å². The summed E-state index contributed by atoms with van der Waals surface area (Å²) in [6.45, 7) is 2.31. The van der Waals surface area contributed by atoms with Crippen molar-refractivity contribution in [2.75, 3.05) is 26.4 Å². The zero-order valence-corrected chi connectivity index (χ0v) is 29.2. The van der Waals surface area contributed by atoms with E-state index in [1.165, 1.54) is 57.8 Å². The van der Waals surface area contributed by atoms with Gasteiger partial charge >= 0.3 is 19.8 Å². The molecule has 0 saturated heterocycles. The molecule has 1 unspecified atom stereocenters. The number of unbranched alkanes of at least 4 members (excludes halogenated alkanes) is 17. The van der Waals surface area contributed by atoms with E-state index in [0.29, 0.717) is 12.8 Å². The average Bonchev–Trinajstić information content (AvgIpc) is 3.02. The lowest BCUT2D eigenvalue weighted by Crippen LogP contribution is -2.29. The van der Waals surface area contributed by atoms with E-state index in [2.05, 4.69) is 30.5 Å². The van der Waals surface area contributed by atoms with Gasteiger partial charge in [0.2, 0.25) is 0 Å². The van der Waals surface area contributed by atoms with Crippen molar-refractivity contribution in [1.29, 1.82) is 0 Å². The average molecular weight is 665 g/mol. The van der Waals surface area contributed by atoms with Gasteiger partial charge in [0.15, 0.2) is 6.10 Å². The molecule has 0 aromatic heterocycles. The Morgan fingerprint density at radius 1 is 0.644 bits per heavy atom. The SMILES string of the molecule is CCCCCC/C=C\CCCCCCCC(=O)OC[C@H](COP(=O)(O)OC[C@@H](O)CO)OC(=O)CCCCCCCCCCC. The zero-order valence-electron chi connectivity index (χ0n) is 28.3. The maximum absolute atomic E-state index is 12.4. The van der Waals surface area contributed by atoms with E-state index < -0.39 is 51.8 Å². The molecule has 0 amide bonds. The van der Waals surface area contributed by atoms with Gasteiger partial charge in [-0.05, 0) is 38.5 Å². The van der Waals surface area contributed by atoms with Crippen LogP contribution in [0, 0.1) is 0 Å². The zero-order chi connectivity index (χ0) is 33.4. The first-order valence-electron chi connectivity index (χ1n) is 17.6. The molecule has 45 heavy (non-hydrogen) atoms. The number of phosphoric ester groups is 1. The van der Waals surface area contributed by atoms with Crippen molar-refractivity contribution in [3.8, 4) is 0 Å². The summed E-state index contributed by atoms with van der Waals surface area (Å²) in [7, 11) is -4.60. The Labute approximate surface area is 273 Å². The summed E-state index contributed by atoms with van der Waals surface area (Å²) in [5.74, 6) is -0.936. The van der Waals surface area contributed by atoms with Crippen LogP contribution < -0.4 is 0 Å². The fourth-order valence-electron chi connectivity index (χ4n) is 4.63. The molecule has 10 nitrogen and oxygen atoms in total. The van der Waals surface area contributed by atoms with E-state index in [1.807, 2.05) is 0 Å². The van der Waals surface area contributed by atoms with Gasteiger partial charge in [0, 0.05) is 12.8 Å². The molecule has 0 bridgehead atoms. The number of carbonyl (C=O) groups excluding carboxylic acids is 2. The fraction of sp³-hybridized carbons (Fsp3) is 0.882. The smallest absolute Gasteiger partial charge is 0.462 e. The van der Waals surface area contributed by atoms with Crippen LogP contribution in [0.4, 0.5) is 0 Å². The second-order valence-corrected chi connectivity index (χ2v) is 13.4. The number of allylic oxidation sites excluding steroid dienone is 2. The lowest BCUT2D eigenvalue weighted by molar-refractivity contribution is -0.161. The first kappa shape index (κ1) is 43.7. The van der Waals surface area contributed by atoms with Crippen LogP contribution in [-0.2, 0) is 32.7 Å². The predicted molar refractivity (Wildman–Crippen MR) is 178 cm³/mol. The molecule has 0 aliphatic heterocycles. The molecule has 3 N–H and O–H groups in total. The largest absolute Gasteiger partial charge is 0.472 e. The molecular weight excluding hydrogens is 599 g/mol. The number of hydrogen-bond acceptors (Lipinski definition) is 9. The minimum absolute atomic E-state index is 0.186. The van der Waals surface area contributed by atoms with Gasteiger partial charge in [0.25, 0.3) is 0 Å². The van der Waals surface area contributed by atoms with Gasteiger partial charge in [-0.25, -0.2) is 4.57 Å². The fourth-order valence-corrected chi connectivity index (χ4v) is 5.42. The summed E-state index contributed by atoms with van der Waals surface area (Å²) < 4.78 is 32.4. The highest BCUT2D eigenvalue weighted by molar-refractivity contribution is 7.47. The Morgan fingerprint density at radius 3 is 1.62 bits per heavy atom. The van der Waals surface area contributed by atoms with Crippen LogP contribution in [0.15, 0.2) is 12.2 Å². The Kier molecular flexibility index (Phi) is 30.4. The van der Waals surface area contributed by atoms with Gasteiger partial charge in [-0.3, -0.25) is 18.6 Å². The van der Waals surface area contributed by atoms with Crippen molar-refractivity contribution in [3.63, 3.8) is 0 Å². The molecule has 0 saturated carbocycles. The van der Waals surface area contributed by atoms with Crippen molar-refractivity contribution in [3.05, 3.63) is 12.2 Å². The van der Waals surface area contributed by atoms with E-state index in [-0.39, 0.29) is 19.4 Å². The number of esters is 2. The molecule has 0 rings (SSSR count). The first-order chi connectivity index (χ1) is 21.7. The summed E-state index contributed by atoms with van der Waals surface area (Å²) in [5, 5.41) is 18.2. The molecule has 0 aromatic rings. The summed E-state index contributed by atoms with van der Waals surface area (Å²) in [5.41, 5.74) is 0. The van der Waals surface area contributed by atoms with Crippen LogP contribution >= 0.6 is 7.82 Å². The molecule has 0 heterocycles. The predicted octanol–water partition coefficient (Wildman–Crippen LogP) is 8.11. The van der Waals surface area contributed by atoms with Crippen LogP contribution in [0.5, 0.6) is 0 Å². The lowest BCUT2D eigenvalue weighted by Gasteiger charge is -2.20. The third-order valence-corrected chi connectivity index (χ3v) is 8.37. The third-order valence-electron chi connectivity index (χ3n) is 7.42. The van der Waals surface area contributed by atoms with Crippen LogP contribution in [0.3, 0.4) is 0 Å². The summed E-state index contributed by atoms with van der Waals surface area (Å²) in [6.07, 6.45) is 24.8. The van der Waals surface area contributed by atoms with Crippen molar-refractivity contribution in [2.24, 2.45) is 0 Å². The van der Waals surface area contributed by atoms with Gasteiger partial charge in [-0.2, -0.15) is 0 Å². The second kappa shape index (κ2) is 31.3. The Balaban J connectivity index is 4.40. The molecule has 266 valence electrons. The minimum atomic E-state index is -4.60. The van der Waals surface area contributed by atoms with Crippen molar-refractivity contribution in [2.45, 2.75) is 167 Å². The Bertz CT molecular complexity index is 776. The van der Waals surface area contributed by atoms with Crippen LogP contribution in [0.2, 0.25) is 0 Å². The van der Waals surface area contributed by atoms with Gasteiger partial charge in [0.05, 0.1) is 19.8 Å². The maximum Gasteiger partial charge on any atom is 0.472 e. The highest BCUT2D eigenvalue weighted by atomic mass is 31.2. The van der Waals surface area contributed by atoms with Gasteiger partial charge in [0.1, 0.15) is 12.7 Å². The number of aliphatic hydroxyl groups excluding tert-OH is 2. The highest BCUT2D eigenvalue weighted by Gasteiger charge is 2.27. The molecule has 0 spiro atoms. The number of aliphatic hydroxyl groups is 2. The normalized spacial score (nSPS) is 14.3. The quantitative estimate of drug-likeness (QED) is 0.0272. The van der Waals surface area contributed by atoms with Crippen molar-refractivity contribution < 1.29 is 47.8 Å². The van der Waals surface area contributed by atoms with Crippen molar-refractivity contribution in [1.82, 2.24) is 0 Å². The first-order valence-corrected chi connectivity index (χ1v) is 19.1. The van der Waals surface area contributed by atoms with E-state index in [0.717, 1.165) is 57.8 Å². The molecule has 0 radical (unpaired) electrons. The van der Waals surface area contributed by atoms with E-state index in [9.17, 15) is 24.2 Å². The number of hydrogen-bond donors (Lipinski definition) is 3. The Morgan fingerprint density at radius 2 is 1.09 bits per heavy atom. The highest BCUT2D eigenvalue weighted by Crippen LogP contribution is 2.43. The topological polar surface area (TPSA) is 149 Å². The Hall–Kier alpha value is -1.29. The molecule has 0 aliphatic carbocycles. The van der Waals surface area contributed by atoms with Gasteiger partial charge < -0.3 is 24.6 Å². The standard InChI is InChI=1S/C34H65O10P/c1-3-5-7-9-11-13-14-15-16-18-19-21-23-25-33(37)41-29-32(30-43-45(39,40)42-28-31(36)27-35)44-34(38)26-24-22-20-17-12-10-8-6-4-2/h13-14,31-32,35-36H,3-12,15-30H2,1-2H3,(H,39,40)/b14-13-/t31-,32+/m0/s1. The maximum atomic E-state index is 12.4. The number of phosphoric acid groups is 1. The summed E-state index contributed by atoms with van der Waals surface area (Å²) >= 11 is 0. The molecule has 0 aliphatic rings. The summed E-state index contributed by atoms with van der Waals surface area (Å²) in [6, 6.07) is 0. The second-order valence-electron chi connectivity index (χ2n) is 11.9. The molecule has 0 fully saturated rings. The van der Waals surface area contributed by atoms with Crippen molar-refractivity contribution >= 4 is 19.8 Å². The molecule has 11 heteroatoms. The van der Waals surface area contributed by atoms with Gasteiger partial charge in [-0.15, -0.1) is 0 Å². The number of ether oxygens (including phenoxy) is 2. The molecule has 0 aromatic carbocycles. The minimum Gasteiger partial charge on any atom is -0.462 e. The number of carbonyl (C=O) groups is 2. The molecule has 3 atom stereocenters. The van der Waals surface area contributed by atoms with Gasteiger partial charge in [-0.1, -0.05) is 116 Å². The van der Waals surface area contributed by atoms with E-state index in [4.69, 9.17) is 19.1 Å². The van der Waals surface area contributed by atoms with Crippen LogP contribution in [-0.4, -0.2) is 65.7 Å². The summed E-state index contributed by atoms with van der Waals surface area (Å²) in [4.78, 5) is 34.6. The monoisotopic (exact) mass is 664 g/mol. The van der Waals surface area contributed by atoms with E-state index >= 15 is 0 Å². The number of rotatable bonds is 33. The lowest BCUT2D eigenvalue weighted by atomic mass is 10.1. The van der Waals surface area contributed by atoms with E-state index in [1.54, 1.807) is 0 Å².